The number of carbonyl (C=O) groups is 1. The van der Waals surface area contributed by atoms with Gasteiger partial charge in [0.15, 0.2) is 5.78 Å². The number of rotatable bonds is 5. The number of nitrogens with zero attached hydrogens (tertiary/aromatic N) is 1. The van der Waals surface area contributed by atoms with Crippen molar-refractivity contribution in [3.05, 3.63) is 29.8 Å². The summed E-state index contributed by atoms with van der Waals surface area (Å²) in [6, 6.07) is 5.06. The fraction of sp³-hybridized carbons (Fsp3) is 0.462. The van der Waals surface area contributed by atoms with E-state index in [9.17, 15) is 18.0 Å². The van der Waals surface area contributed by atoms with E-state index in [4.69, 9.17) is 5.11 Å². The highest BCUT2D eigenvalue weighted by atomic mass is 19.4. The number of aromatic hydroxyl groups is 1. The molecule has 0 aliphatic rings. The highest BCUT2D eigenvalue weighted by Gasteiger charge is 2.32. The quantitative estimate of drug-likeness (QED) is 0.840. The maximum atomic E-state index is 12.4. The van der Waals surface area contributed by atoms with Gasteiger partial charge in [0.25, 0.3) is 0 Å². The summed E-state index contributed by atoms with van der Waals surface area (Å²) in [7, 11) is 0. The third kappa shape index (κ3) is 5.30. The van der Waals surface area contributed by atoms with Crippen molar-refractivity contribution in [2.75, 3.05) is 13.1 Å². The van der Waals surface area contributed by atoms with Gasteiger partial charge in [0.1, 0.15) is 5.75 Å². The number of benzene rings is 1. The fourth-order valence-corrected chi connectivity index (χ4v) is 1.57. The largest absolute Gasteiger partial charge is 0.508 e. The van der Waals surface area contributed by atoms with Crippen molar-refractivity contribution in [3.8, 4) is 5.75 Å². The Labute approximate surface area is 109 Å². The van der Waals surface area contributed by atoms with Crippen LogP contribution in [0.4, 0.5) is 13.2 Å². The van der Waals surface area contributed by atoms with Gasteiger partial charge in [-0.3, -0.25) is 9.69 Å². The molecule has 0 heterocycles. The van der Waals surface area contributed by atoms with E-state index < -0.39 is 18.5 Å². The summed E-state index contributed by atoms with van der Waals surface area (Å²) in [5, 5.41) is 9.09. The molecule has 19 heavy (non-hydrogen) atoms. The number of phenols is 1. The van der Waals surface area contributed by atoms with Crippen LogP contribution in [0.15, 0.2) is 24.3 Å². The number of phenolic OH excluding ortho intramolecular Hbond substituents is 1. The van der Waals surface area contributed by atoms with Crippen LogP contribution in [0.5, 0.6) is 5.75 Å². The second-order valence-corrected chi connectivity index (χ2v) is 4.58. The average molecular weight is 275 g/mol. The minimum atomic E-state index is -4.33. The second kappa shape index (κ2) is 6.06. The summed E-state index contributed by atoms with van der Waals surface area (Å²) in [5.74, 6) is -0.398. The molecule has 1 rings (SSSR count). The van der Waals surface area contributed by atoms with Gasteiger partial charge in [0.05, 0.1) is 13.1 Å². The summed E-state index contributed by atoms with van der Waals surface area (Å²) in [5.41, 5.74) is 0.283. The van der Waals surface area contributed by atoms with Gasteiger partial charge in [-0.1, -0.05) is 0 Å². The normalized spacial score (nSPS) is 12.2. The van der Waals surface area contributed by atoms with Crippen LogP contribution in [0, 0.1) is 0 Å². The number of hydrogen-bond acceptors (Lipinski definition) is 3. The molecule has 0 saturated carbocycles. The first kappa shape index (κ1) is 15.5. The number of ketones is 1. The van der Waals surface area contributed by atoms with Crippen molar-refractivity contribution < 1.29 is 23.1 Å². The maximum absolute atomic E-state index is 12.4. The zero-order valence-electron chi connectivity index (χ0n) is 10.7. The van der Waals surface area contributed by atoms with Crippen LogP contribution in [0.1, 0.15) is 24.2 Å². The molecule has 0 aliphatic carbocycles. The molecular formula is C13H16F3NO2. The van der Waals surface area contributed by atoms with E-state index in [1.165, 1.54) is 24.3 Å². The predicted molar refractivity (Wildman–Crippen MR) is 65.2 cm³/mol. The van der Waals surface area contributed by atoms with E-state index in [0.29, 0.717) is 0 Å². The number of hydrogen-bond donors (Lipinski definition) is 1. The van der Waals surface area contributed by atoms with Gasteiger partial charge < -0.3 is 5.11 Å². The van der Waals surface area contributed by atoms with Crippen molar-refractivity contribution in [1.29, 1.82) is 0 Å². The molecule has 0 aliphatic heterocycles. The first-order valence-electron chi connectivity index (χ1n) is 5.82. The summed E-state index contributed by atoms with van der Waals surface area (Å²) in [6.45, 7) is 1.79. The van der Waals surface area contributed by atoms with E-state index in [1.807, 2.05) is 0 Å². The van der Waals surface area contributed by atoms with Crippen molar-refractivity contribution >= 4 is 5.78 Å². The zero-order valence-corrected chi connectivity index (χ0v) is 10.7. The van der Waals surface area contributed by atoms with Crippen LogP contribution < -0.4 is 0 Å². The highest BCUT2D eigenvalue weighted by molar-refractivity contribution is 5.97. The molecule has 1 aromatic carbocycles. The van der Waals surface area contributed by atoms with E-state index in [0.717, 1.165) is 4.90 Å². The topological polar surface area (TPSA) is 40.5 Å². The maximum Gasteiger partial charge on any atom is 0.401 e. The summed E-state index contributed by atoms with van der Waals surface area (Å²) >= 11 is 0. The van der Waals surface area contributed by atoms with Crippen LogP contribution in [-0.2, 0) is 0 Å². The minimum absolute atomic E-state index is 0.00700. The number of halogens is 3. The highest BCUT2D eigenvalue weighted by Crippen LogP contribution is 2.18. The number of carbonyl (C=O) groups excluding carboxylic acids is 1. The van der Waals surface area contributed by atoms with E-state index >= 15 is 0 Å². The molecule has 0 unspecified atom stereocenters. The Hall–Kier alpha value is -1.56. The SMILES string of the molecule is CC(C)N(CC(=O)c1ccc(O)cc1)CC(F)(F)F. The molecule has 0 saturated heterocycles. The molecule has 1 N–H and O–H groups in total. The van der Waals surface area contributed by atoms with Crippen LogP contribution in [0.25, 0.3) is 0 Å². The van der Waals surface area contributed by atoms with Gasteiger partial charge in [-0.05, 0) is 38.1 Å². The van der Waals surface area contributed by atoms with Gasteiger partial charge in [-0.2, -0.15) is 13.2 Å². The van der Waals surface area contributed by atoms with Gasteiger partial charge in [0, 0.05) is 11.6 Å². The fourth-order valence-electron chi connectivity index (χ4n) is 1.57. The van der Waals surface area contributed by atoms with Crippen LogP contribution in [-0.4, -0.2) is 41.1 Å². The first-order valence-corrected chi connectivity index (χ1v) is 5.82. The lowest BCUT2D eigenvalue weighted by molar-refractivity contribution is -0.148. The van der Waals surface area contributed by atoms with Crippen molar-refractivity contribution in [2.45, 2.75) is 26.1 Å². The van der Waals surface area contributed by atoms with Crippen LogP contribution >= 0.6 is 0 Å². The van der Waals surface area contributed by atoms with Crippen molar-refractivity contribution in [2.24, 2.45) is 0 Å². The lowest BCUT2D eigenvalue weighted by Crippen LogP contribution is -2.42. The number of alkyl halides is 3. The Morgan fingerprint density at radius 3 is 2.21 bits per heavy atom. The van der Waals surface area contributed by atoms with Crippen LogP contribution in [0.2, 0.25) is 0 Å². The molecule has 3 nitrogen and oxygen atoms in total. The van der Waals surface area contributed by atoms with Crippen molar-refractivity contribution in [1.82, 2.24) is 4.90 Å². The molecule has 0 atom stereocenters. The van der Waals surface area contributed by atoms with E-state index in [1.54, 1.807) is 13.8 Å². The van der Waals surface area contributed by atoms with Gasteiger partial charge >= 0.3 is 6.18 Å². The molecule has 0 spiro atoms. The Morgan fingerprint density at radius 1 is 1.26 bits per heavy atom. The monoisotopic (exact) mass is 275 g/mol. The lowest BCUT2D eigenvalue weighted by Gasteiger charge is -2.26. The number of Topliss-reactive ketones (excluding diaryl/α,β-unsaturated/α-hetero) is 1. The molecule has 6 heteroatoms. The molecule has 106 valence electrons. The standard InChI is InChI=1S/C13H16F3NO2/c1-9(2)17(8-13(14,15)16)7-12(19)10-3-5-11(18)6-4-10/h3-6,9,18H,7-8H2,1-2H3. The van der Waals surface area contributed by atoms with E-state index in [-0.39, 0.29) is 23.9 Å². The Bertz CT molecular complexity index is 427. The summed E-state index contributed by atoms with van der Waals surface area (Å²) in [6.07, 6.45) is -4.33. The van der Waals surface area contributed by atoms with Gasteiger partial charge in [0.2, 0.25) is 0 Å². The minimum Gasteiger partial charge on any atom is -0.508 e. The Morgan fingerprint density at radius 2 is 1.79 bits per heavy atom. The van der Waals surface area contributed by atoms with Crippen LogP contribution in [0.3, 0.4) is 0 Å². The summed E-state index contributed by atoms with van der Waals surface area (Å²) in [4.78, 5) is 12.9. The molecule has 0 amide bonds. The van der Waals surface area contributed by atoms with E-state index in [2.05, 4.69) is 0 Å². The molecule has 0 radical (unpaired) electrons. The molecule has 0 bridgehead atoms. The average Bonchev–Trinajstić information content (AvgIpc) is 2.27. The zero-order chi connectivity index (χ0) is 14.6. The molecule has 0 aromatic heterocycles. The lowest BCUT2D eigenvalue weighted by atomic mass is 10.1. The van der Waals surface area contributed by atoms with Gasteiger partial charge in [-0.15, -0.1) is 0 Å². The summed E-state index contributed by atoms with van der Waals surface area (Å²) < 4.78 is 37.2. The predicted octanol–water partition coefficient (Wildman–Crippen LogP) is 2.85. The molecule has 0 fully saturated rings. The van der Waals surface area contributed by atoms with Gasteiger partial charge in [-0.25, -0.2) is 0 Å². The molecular weight excluding hydrogens is 259 g/mol. The van der Waals surface area contributed by atoms with Crippen molar-refractivity contribution in [3.63, 3.8) is 0 Å². The Kier molecular flexibility index (Phi) is 4.94. The Balaban J connectivity index is 2.74. The third-order valence-electron chi connectivity index (χ3n) is 2.65. The molecule has 1 aromatic rings. The second-order valence-electron chi connectivity index (χ2n) is 4.58. The smallest absolute Gasteiger partial charge is 0.401 e. The first-order chi connectivity index (χ1) is 8.69. The third-order valence-corrected chi connectivity index (χ3v) is 2.65.